The molecule has 5 heteroatoms. The molecule has 0 aliphatic heterocycles. The fourth-order valence-corrected chi connectivity index (χ4v) is 1.73. The predicted octanol–water partition coefficient (Wildman–Crippen LogP) is 2.37. The van der Waals surface area contributed by atoms with Crippen molar-refractivity contribution in [1.29, 1.82) is 0 Å². The van der Waals surface area contributed by atoms with Crippen LogP contribution in [0, 0.1) is 0 Å². The van der Waals surface area contributed by atoms with Crippen LogP contribution >= 0.6 is 15.9 Å². The van der Waals surface area contributed by atoms with Gasteiger partial charge < -0.3 is 14.8 Å². The average molecular weight is 316 g/mol. The number of nitrogens with one attached hydrogen (secondary N) is 1. The Hall–Kier alpha value is -1.07. The summed E-state index contributed by atoms with van der Waals surface area (Å²) in [7, 11) is 1.39. The Labute approximate surface area is 116 Å². The molecule has 0 saturated carbocycles. The van der Waals surface area contributed by atoms with Crippen LogP contribution in [0.2, 0.25) is 0 Å². The molecule has 0 aliphatic rings. The Kier molecular flexibility index (Phi) is 6.75. The highest BCUT2D eigenvalue weighted by molar-refractivity contribution is 9.10. The predicted molar refractivity (Wildman–Crippen MR) is 73.7 cm³/mol. The fourth-order valence-electron chi connectivity index (χ4n) is 1.47. The molecule has 0 radical (unpaired) electrons. The molecule has 0 heterocycles. The number of hydrogen-bond acceptors (Lipinski definition) is 4. The van der Waals surface area contributed by atoms with Gasteiger partial charge in [0.05, 0.1) is 7.11 Å². The molecule has 0 amide bonds. The molecular formula is C13H18BrNO3. The van der Waals surface area contributed by atoms with Gasteiger partial charge in [0.25, 0.3) is 0 Å². The molecule has 1 rings (SSSR count). The van der Waals surface area contributed by atoms with E-state index in [1.54, 1.807) is 0 Å². The van der Waals surface area contributed by atoms with E-state index in [2.05, 4.69) is 26.0 Å². The third-order valence-corrected chi connectivity index (χ3v) is 3.00. The third kappa shape index (κ3) is 5.06. The summed E-state index contributed by atoms with van der Waals surface area (Å²) in [4.78, 5) is 11.3. The highest BCUT2D eigenvalue weighted by Crippen LogP contribution is 2.15. The second-order valence-corrected chi connectivity index (χ2v) is 4.66. The first kappa shape index (κ1) is 15.0. The summed E-state index contributed by atoms with van der Waals surface area (Å²) in [5.41, 5.74) is 0. The largest absolute Gasteiger partial charge is 0.492 e. The van der Waals surface area contributed by atoms with Gasteiger partial charge in [0.1, 0.15) is 18.4 Å². The number of esters is 1. The zero-order chi connectivity index (χ0) is 13.4. The summed E-state index contributed by atoms with van der Waals surface area (Å²) in [6, 6.07) is 7.37. The molecule has 100 valence electrons. The van der Waals surface area contributed by atoms with Crippen LogP contribution in [0.5, 0.6) is 5.75 Å². The molecule has 1 N–H and O–H groups in total. The molecule has 0 aliphatic carbocycles. The van der Waals surface area contributed by atoms with Gasteiger partial charge in [-0.05, 0) is 30.7 Å². The quantitative estimate of drug-likeness (QED) is 0.620. The highest BCUT2D eigenvalue weighted by atomic mass is 79.9. The molecule has 0 saturated heterocycles. The maximum atomic E-state index is 11.3. The SMILES string of the molecule is CCC(NCCOc1ccc(Br)cc1)C(=O)OC. The van der Waals surface area contributed by atoms with E-state index in [-0.39, 0.29) is 12.0 Å². The monoisotopic (exact) mass is 315 g/mol. The van der Waals surface area contributed by atoms with E-state index in [9.17, 15) is 4.79 Å². The number of benzene rings is 1. The van der Waals surface area contributed by atoms with Crippen LogP contribution in [-0.4, -0.2) is 32.3 Å². The van der Waals surface area contributed by atoms with Crippen LogP contribution in [-0.2, 0) is 9.53 Å². The van der Waals surface area contributed by atoms with E-state index < -0.39 is 0 Å². The minimum atomic E-state index is -0.261. The smallest absolute Gasteiger partial charge is 0.322 e. The second kappa shape index (κ2) is 8.11. The molecule has 1 unspecified atom stereocenters. The maximum Gasteiger partial charge on any atom is 0.322 e. The van der Waals surface area contributed by atoms with Crippen molar-refractivity contribution in [2.75, 3.05) is 20.3 Å². The van der Waals surface area contributed by atoms with E-state index in [4.69, 9.17) is 4.74 Å². The number of ether oxygens (including phenoxy) is 2. The van der Waals surface area contributed by atoms with Crippen LogP contribution in [0.25, 0.3) is 0 Å². The van der Waals surface area contributed by atoms with Crippen molar-refractivity contribution in [3.63, 3.8) is 0 Å². The lowest BCUT2D eigenvalue weighted by Crippen LogP contribution is -2.39. The summed E-state index contributed by atoms with van der Waals surface area (Å²) < 4.78 is 11.2. The first-order valence-electron chi connectivity index (χ1n) is 5.87. The third-order valence-electron chi connectivity index (χ3n) is 2.47. The number of carbonyl (C=O) groups is 1. The van der Waals surface area contributed by atoms with Gasteiger partial charge in [0.15, 0.2) is 0 Å². The lowest BCUT2D eigenvalue weighted by molar-refractivity contribution is -0.143. The van der Waals surface area contributed by atoms with Crippen molar-refractivity contribution < 1.29 is 14.3 Å². The summed E-state index contributed by atoms with van der Waals surface area (Å²) >= 11 is 3.36. The Morgan fingerprint density at radius 3 is 2.61 bits per heavy atom. The summed E-state index contributed by atoms with van der Waals surface area (Å²) in [5.74, 6) is 0.576. The molecule has 18 heavy (non-hydrogen) atoms. The lowest BCUT2D eigenvalue weighted by Gasteiger charge is -2.14. The summed E-state index contributed by atoms with van der Waals surface area (Å²) in [6.07, 6.45) is 0.699. The van der Waals surface area contributed by atoms with Crippen molar-refractivity contribution in [2.24, 2.45) is 0 Å². The van der Waals surface area contributed by atoms with Crippen LogP contribution in [0.15, 0.2) is 28.7 Å². The van der Waals surface area contributed by atoms with Gasteiger partial charge in [-0.2, -0.15) is 0 Å². The van der Waals surface area contributed by atoms with Gasteiger partial charge in [-0.15, -0.1) is 0 Å². The van der Waals surface area contributed by atoms with Crippen molar-refractivity contribution in [3.05, 3.63) is 28.7 Å². The summed E-state index contributed by atoms with van der Waals surface area (Å²) in [6.45, 7) is 3.04. The Morgan fingerprint density at radius 1 is 1.39 bits per heavy atom. The van der Waals surface area contributed by atoms with E-state index in [0.717, 1.165) is 10.2 Å². The van der Waals surface area contributed by atoms with Crippen LogP contribution in [0.4, 0.5) is 0 Å². The second-order valence-electron chi connectivity index (χ2n) is 3.74. The zero-order valence-electron chi connectivity index (χ0n) is 10.6. The molecule has 0 spiro atoms. The summed E-state index contributed by atoms with van der Waals surface area (Å²) in [5, 5.41) is 3.09. The zero-order valence-corrected chi connectivity index (χ0v) is 12.2. The van der Waals surface area contributed by atoms with Crippen molar-refractivity contribution in [3.8, 4) is 5.75 Å². The number of carbonyl (C=O) groups excluding carboxylic acids is 1. The number of halogens is 1. The molecule has 4 nitrogen and oxygen atoms in total. The molecule has 0 bridgehead atoms. The number of methoxy groups -OCH3 is 1. The van der Waals surface area contributed by atoms with Crippen molar-refractivity contribution in [2.45, 2.75) is 19.4 Å². The van der Waals surface area contributed by atoms with Gasteiger partial charge in [-0.25, -0.2) is 0 Å². The highest BCUT2D eigenvalue weighted by Gasteiger charge is 2.15. The van der Waals surface area contributed by atoms with Crippen LogP contribution in [0.1, 0.15) is 13.3 Å². The van der Waals surface area contributed by atoms with E-state index in [1.807, 2.05) is 31.2 Å². The standard InChI is InChI=1S/C13H18BrNO3/c1-3-12(13(16)17-2)15-8-9-18-11-6-4-10(14)5-7-11/h4-7,12,15H,3,8-9H2,1-2H3. The van der Waals surface area contributed by atoms with Gasteiger partial charge in [-0.3, -0.25) is 4.79 Å². The average Bonchev–Trinajstić information content (AvgIpc) is 2.40. The Balaban J connectivity index is 2.25. The normalized spacial score (nSPS) is 11.9. The molecular weight excluding hydrogens is 298 g/mol. The van der Waals surface area contributed by atoms with Crippen molar-refractivity contribution >= 4 is 21.9 Å². The molecule has 0 fully saturated rings. The topological polar surface area (TPSA) is 47.6 Å². The minimum Gasteiger partial charge on any atom is -0.492 e. The van der Waals surface area contributed by atoms with E-state index in [1.165, 1.54) is 7.11 Å². The maximum absolute atomic E-state index is 11.3. The molecule has 1 aromatic rings. The first-order chi connectivity index (χ1) is 8.67. The molecule has 1 atom stereocenters. The number of rotatable bonds is 7. The van der Waals surface area contributed by atoms with Crippen LogP contribution < -0.4 is 10.1 Å². The van der Waals surface area contributed by atoms with Gasteiger partial charge in [0.2, 0.25) is 0 Å². The molecule has 1 aromatic carbocycles. The Bertz CT molecular complexity index is 367. The van der Waals surface area contributed by atoms with Gasteiger partial charge >= 0.3 is 5.97 Å². The minimum absolute atomic E-state index is 0.235. The van der Waals surface area contributed by atoms with Crippen molar-refractivity contribution in [1.82, 2.24) is 5.32 Å². The number of hydrogen-bond donors (Lipinski definition) is 1. The fraction of sp³-hybridized carbons (Fsp3) is 0.462. The lowest BCUT2D eigenvalue weighted by atomic mass is 10.2. The first-order valence-corrected chi connectivity index (χ1v) is 6.66. The molecule has 0 aromatic heterocycles. The van der Waals surface area contributed by atoms with Gasteiger partial charge in [0, 0.05) is 11.0 Å². The van der Waals surface area contributed by atoms with E-state index in [0.29, 0.717) is 19.6 Å². The van der Waals surface area contributed by atoms with Crippen LogP contribution in [0.3, 0.4) is 0 Å². The van der Waals surface area contributed by atoms with Gasteiger partial charge in [-0.1, -0.05) is 22.9 Å². The Morgan fingerprint density at radius 2 is 2.06 bits per heavy atom. The van der Waals surface area contributed by atoms with E-state index >= 15 is 0 Å².